The van der Waals surface area contributed by atoms with E-state index in [9.17, 15) is 23.2 Å². The van der Waals surface area contributed by atoms with Gasteiger partial charge in [-0.3, -0.25) is 0 Å². The third-order valence-corrected chi connectivity index (χ3v) is 4.59. The van der Waals surface area contributed by atoms with Crippen molar-refractivity contribution < 1.29 is 27.4 Å². The van der Waals surface area contributed by atoms with Crippen LogP contribution in [0.5, 0.6) is 5.88 Å². The van der Waals surface area contributed by atoms with Crippen LogP contribution in [0.25, 0.3) is 0 Å². The molecule has 0 fully saturated rings. The van der Waals surface area contributed by atoms with E-state index in [1.54, 1.807) is 20.8 Å². The lowest BCUT2D eigenvalue weighted by atomic mass is 9.79. The number of carbonyl (C=O) groups excluding carboxylic acids is 1. The van der Waals surface area contributed by atoms with Gasteiger partial charge in [0, 0.05) is 6.20 Å². The highest BCUT2D eigenvalue weighted by Gasteiger charge is 2.42. The molecule has 0 radical (unpaired) electrons. The van der Waals surface area contributed by atoms with Crippen LogP contribution in [0.4, 0.5) is 18.9 Å². The van der Waals surface area contributed by atoms with E-state index in [4.69, 9.17) is 9.47 Å². The number of nitrogens with one attached hydrogen (secondary N) is 1. The second kappa shape index (κ2) is 8.68. The fourth-order valence-corrected chi connectivity index (χ4v) is 3.48. The monoisotopic (exact) mass is 431 g/mol. The minimum atomic E-state index is -4.69. The van der Waals surface area contributed by atoms with Gasteiger partial charge >= 0.3 is 12.1 Å². The van der Waals surface area contributed by atoms with Crippen LogP contribution in [0.2, 0.25) is 0 Å². The first-order chi connectivity index (χ1) is 14.7. The minimum absolute atomic E-state index is 0.00999. The highest BCUT2D eigenvalue weighted by atomic mass is 19.4. The van der Waals surface area contributed by atoms with Gasteiger partial charge in [0.05, 0.1) is 41.0 Å². The molecule has 0 saturated carbocycles. The number of benzene rings is 1. The van der Waals surface area contributed by atoms with Gasteiger partial charge in [-0.05, 0) is 38.5 Å². The number of pyridine rings is 1. The number of nitrogens with zero attached hydrogens (tertiary/aromatic N) is 2. The molecule has 0 saturated heterocycles. The van der Waals surface area contributed by atoms with Crippen molar-refractivity contribution in [3.63, 3.8) is 0 Å². The summed E-state index contributed by atoms with van der Waals surface area (Å²) in [6.45, 7) is 5.06. The number of fused-ring (bicyclic) bond motifs is 1. The first-order valence-electron chi connectivity index (χ1n) is 9.59. The van der Waals surface area contributed by atoms with E-state index in [-0.39, 0.29) is 41.0 Å². The fraction of sp³-hybridized carbons (Fsp3) is 0.318. The van der Waals surface area contributed by atoms with Crippen LogP contribution < -0.4 is 10.1 Å². The molecule has 0 spiro atoms. The second-order valence-electron chi connectivity index (χ2n) is 7.01. The number of alkyl halides is 3. The molecule has 31 heavy (non-hydrogen) atoms. The van der Waals surface area contributed by atoms with E-state index >= 15 is 0 Å². The Bertz CT molecular complexity index is 1070. The summed E-state index contributed by atoms with van der Waals surface area (Å²) in [4.78, 5) is 17.0. The average molecular weight is 431 g/mol. The molecule has 3 rings (SSSR count). The van der Waals surface area contributed by atoms with Crippen LogP contribution in [0.3, 0.4) is 0 Å². The number of hydrogen-bond donors (Lipinski definition) is 1. The van der Waals surface area contributed by atoms with Gasteiger partial charge in [-0.15, -0.1) is 0 Å². The van der Waals surface area contributed by atoms with Gasteiger partial charge in [0.25, 0.3) is 0 Å². The lowest BCUT2D eigenvalue weighted by molar-refractivity contribution is -0.140. The highest BCUT2D eigenvalue weighted by Crippen LogP contribution is 2.48. The van der Waals surface area contributed by atoms with Gasteiger partial charge in [0.1, 0.15) is 11.8 Å². The molecule has 6 nitrogen and oxygen atoms in total. The molecule has 1 aromatic heterocycles. The normalized spacial score (nSPS) is 15.7. The summed E-state index contributed by atoms with van der Waals surface area (Å²) in [7, 11) is 0. The number of carbonyl (C=O) groups is 1. The zero-order chi connectivity index (χ0) is 22.8. The van der Waals surface area contributed by atoms with Crippen molar-refractivity contribution in [2.24, 2.45) is 0 Å². The second-order valence-corrected chi connectivity index (χ2v) is 7.01. The number of anilines is 1. The molecule has 1 unspecified atom stereocenters. The number of hydrogen-bond acceptors (Lipinski definition) is 6. The van der Waals surface area contributed by atoms with E-state index in [1.807, 2.05) is 6.07 Å². The highest BCUT2D eigenvalue weighted by molar-refractivity contribution is 5.96. The zero-order valence-corrected chi connectivity index (χ0v) is 17.1. The predicted molar refractivity (Wildman–Crippen MR) is 106 cm³/mol. The van der Waals surface area contributed by atoms with Crippen molar-refractivity contribution in [3.05, 3.63) is 64.5 Å². The van der Waals surface area contributed by atoms with E-state index in [0.29, 0.717) is 5.69 Å². The van der Waals surface area contributed by atoms with Crippen molar-refractivity contribution in [1.82, 2.24) is 4.98 Å². The molecule has 0 amide bonds. The Morgan fingerprint density at radius 3 is 2.61 bits per heavy atom. The molecule has 0 aliphatic carbocycles. The topological polar surface area (TPSA) is 84.2 Å². The van der Waals surface area contributed by atoms with Gasteiger partial charge in [0.2, 0.25) is 5.88 Å². The Labute approximate surface area is 177 Å². The SMILES string of the molecule is CCOC(=O)C1=C(C#N)Nc2ccnc(OC(C)C)c2C1c1ccccc1C(F)(F)F. The van der Waals surface area contributed by atoms with Gasteiger partial charge in [-0.25, -0.2) is 9.78 Å². The maximum atomic E-state index is 13.9. The Kier molecular flexibility index (Phi) is 6.20. The first-order valence-corrected chi connectivity index (χ1v) is 9.59. The molecule has 162 valence electrons. The Hall–Kier alpha value is -3.54. The number of halogens is 3. The molecule has 2 heterocycles. The van der Waals surface area contributed by atoms with Crippen LogP contribution >= 0.6 is 0 Å². The number of esters is 1. The number of ether oxygens (including phenoxy) is 2. The quantitative estimate of drug-likeness (QED) is 0.686. The molecular weight excluding hydrogens is 411 g/mol. The van der Waals surface area contributed by atoms with Gasteiger partial charge in [0.15, 0.2) is 0 Å². The van der Waals surface area contributed by atoms with Crippen molar-refractivity contribution in [3.8, 4) is 11.9 Å². The van der Waals surface area contributed by atoms with E-state index < -0.39 is 23.6 Å². The molecule has 2 aromatic rings. The smallest absolute Gasteiger partial charge is 0.416 e. The lowest BCUT2D eigenvalue weighted by Crippen LogP contribution is -2.27. The molecule has 0 bridgehead atoms. The molecule has 1 aliphatic heterocycles. The summed E-state index contributed by atoms with van der Waals surface area (Å²) in [6.07, 6.45) is -3.60. The Morgan fingerprint density at radius 1 is 1.29 bits per heavy atom. The summed E-state index contributed by atoms with van der Waals surface area (Å²) in [5, 5.41) is 12.5. The molecule has 1 aliphatic rings. The molecule has 1 N–H and O–H groups in total. The molecule has 9 heteroatoms. The zero-order valence-electron chi connectivity index (χ0n) is 17.1. The molecule has 1 atom stereocenters. The minimum Gasteiger partial charge on any atom is -0.475 e. The van der Waals surface area contributed by atoms with Crippen molar-refractivity contribution in [1.29, 1.82) is 5.26 Å². The average Bonchev–Trinajstić information content (AvgIpc) is 2.71. The summed E-state index contributed by atoms with van der Waals surface area (Å²) >= 11 is 0. The summed E-state index contributed by atoms with van der Waals surface area (Å²) in [5.74, 6) is -2.09. The number of nitriles is 1. The summed E-state index contributed by atoms with van der Waals surface area (Å²) in [6, 6.07) is 8.32. The van der Waals surface area contributed by atoms with Gasteiger partial charge in [-0.1, -0.05) is 18.2 Å². The Balaban J connectivity index is 2.38. The van der Waals surface area contributed by atoms with Crippen molar-refractivity contribution in [2.45, 2.75) is 39.0 Å². The van der Waals surface area contributed by atoms with E-state index in [0.717, 1.165) is 6.07 Å². The molecule has 1 aromatic carbocycles. The number of rotatable bonds is 5. The molecular formula is C22H20F3N3O3. The number of aromatic nitrogens is 1. The van der Waals surface area contributed by atoms with Crippen molar-refractivity contribution in [2.75, 3.05) is 11.9 Å². The van der Waals surface area contributed by atoms with Crippen LogP contribution in [0.15, 0.2) is 47.8 Å². The van der Waals surface area contributed by atoms with Crippen LogP contribution in [0.1, 0.15) is 43.4 Å². The number of allylic oxidation sites excluding steroid dienone is 1. The standard InChI is InChI=1S/C22H20F3N3O3/c1-4-30-21(29)19-16(11-26)28-15-9-10-27-20(31-12(2)3)18(15)17(19)13-7-5-6-8-14(13)22(23,24)25/h5-10,12,17,28H,4H2,1-3H3. The third-order valence-electron chi connectivity index (χ3n) is 4.59. The van der Waals surface area contributed by atoms with Crippen LogP contribution in [-0.2, 0) is 15.7 Å². The lowest BCUT2D eigenvalue weighted by Gasteiger charge is -2.31. The fourth-order valence-electron chi connectivity index (χ4n) is 3.48. The van der Waals surface area contributed by atoms with Gasteiger partial charge in [-0.2, -0.15) is 18.4 Å². The maximum Gasteiger partial charge on any atom is 0.416 e. The van der Waals surface area contributed by atoms with Crippen LogP contribution in [-0.4, -0.2) is 23.7 Å². The first kappa shape index (κ1) is 22.2. The van der Waals surface area contributed by atoms with Gasteiger partial charge < -0.3 is 14.8 Å². The van der Waals surface area contributed by atoms with E-state index in [2.05, 4.69) is 10.3 Å². The summed E-state index contributed by atoms with van der Waals surface area (Å²) in [5.41, 5.74) is -0.974. The van der Waals surface area contributed by atoms with Crippen LogP contribution in [0, 0.1) is 11.3 Å². The third kappa shape index (κ3) is 4.33. The predicted octanol–water partition coefficient (Wildman–Crippen LogP) is 4.79. The summed E-state index contributed by atoms with van der Waals surface area (Å²) < 4.78 is 52.5. The van der Waals surface area contributed by atoms with E-state index in [1.165, 1.54) is 30.5 Å². The Morgan fingerprint density at radius 2 is 2.00 bits per heavy atom. The van der Waals surface area contributed by atoms with Crippen molar-refractivity contribution >= 4 is 11.7 Å². The maximum absolute atomic E-state index is 13.9. The largest absolute Gasteiger partial charge is 0.475 e.